The lowest BCUT2D eigenvalue weighted by Crippen LogP contribution is -2.09. The number of carbonyl (C=O) groups excluding carboxylic acids is 1. The van der Waals surface area contributed by atoms with Crippen molar-refractivity contribution in [2.45, 2.75) is 13.5 Å². The molecule has 1 heterocycles. The Bertz CT molecular complexity index is 654. The standard InChI is InChI=1S/C14H16N2O4S/c1-8-7-21-13(16-8)6-20-14(17)9-4-11(18-2)12(19-3)5-10(9)15/h4-5,7H,6,15H2,1-3H3. The summed E-state index contributed by atoms with van der Waals surface area (Å²) in [6, 6.07) is 3.03. The lowest BCUT2D eigenvalue weighted by atomic mass is 10.1. The molecular weight excluding hydrogens is 292 g/mol. The van der Waals surface area contributed by atoms with Gasteiger partial charge in [-0.05, 0) is 6.92 Å². The summed E-state index contributed by atoms with van der Waals surface area (Å²) in [7, 11) is 2.99. The number of aryl methyl sites for hydroxylation is 1. The van der Waals surface area contributed by atoms with Crippen LogP contribution in [0.4, 0.5) is 5.69 Å². The summed E-state index contributed by atoms with van der Waals surface area (Å²) in [6.45, 7) is 2.00. The monoisotopic (exact) mass is 308 g/mol. The van der Waals surface area contributed by atoms with E-state index in [-0.39, 0.29) is 17.9 Å². The molecule has 0 spiro atoms. The first-order valence-corrected chi connectivity index (χ1v) is 7.02. The average molecular weight is 308 g/mol. The Labute approximate surface area is 126 Å². The molecule has 0 aliphatic rings. The Morgan fingerprint density at radius 1 is 1.29 bits per heavy atom. The summed E-state index contributed by atoms with van der Waals surface area (Å²) in [5, 5.41) is 2.63. The van der Waals surface area contributed by atoms with E-state index >= 15 is 0 Å². The topological polar surface area (TPSA) is 83.7 Å². The third kappa shape index (κ3) is 3.43. The van der Waals surface area contributed by atoms with E-state index in [1.807, 2.05) is 12.3 Å². The largest absolute Gasteiger partial charge is 0.493 e. The minimum atomic E-state index is -0.527. The van der Waals surface area contributed by atoms with Crippen molar-refractivity contribution < 1.29 is 19.0 Å². The van der Waals surface area contributed by atoms with Crippen LogP contribution in [0.1, 0.15) is 21.1 Å². The van der Waals surface area contributed by atoms with Crippen LogP contribution in [-0.2, 0) is 11.3 Å². The molecule has 6 nitrogen and oxygen atoms in total. The van der Waals surface area contributed by atoms with E-state index in [9.17, 15) is 4.79 Å². The summed E-state index contributed by atoms with van der Waals surface area (Å²) < 4.78 is 15.5. The van der Waals surface area contributed by atoms with Gasteiger partial charge >= 0.3 is 5.97 Å². The molecule has 0 radical (unpaired) electrons. The second kappa shape index (κ2) is 6.45. The predicted octanol–water partition coefficient (Wildman–Crippen LogP) is 2.41. The minimum Gasteiger partial charge on any atom is -0.493 e. The van der Waals surface area contributed by atoms with Crippen LogP contribution in [0.5, 0.6) is 11.5 Å². The number of benzene rings is 1. The summed E-state index contributed by atoms with van der Waals surface area (Å²) in [4.78, 5) is 16.3. The second-order valence-corrected chi connectivity index (χ2v) is 5.20. The first kappa shape index (κ1) is 15.1. The third-order valence-corrected chi connectivity index (χ3v) is 3.71. The van der Waals surface area contributed by atoms with Gasteiger partial charge in [-0.25, -0.2) is 9.78 Å². The molecular formula is C14H16N2O4S. The zero-order valence-electron chi connectivity index (χ0n) is 12.0. The molecule has 0 saturated heterocycles. The molecule has 2 rings (SSSR count). The lowest BCUT2D eigenvalue weighted by molar-refractivity contribution is 0.0473. The molecule has 21 heavy (non-hydrogen) atoms. The maximum absolute atomic E-state index is 12.1. The molecule has 7 heteroatoms. The normalized spacial score (nSPS) is 10.2. The van der Waals surface area contributed by atoms with Crippen molar-refractivity contribution in [3.63, 3.8) is 0 Å². The Kier molecular flexibility index (Phi) is 4.64. The van der Waals surface area contributed by atoms with Gasteiger partial charge in [-0.2, -0.15) is 0 Å². The van der Waals surface area contributed by atoms with Crippen LogP contribution >= 0.6 is 11.3 Å². The van der Waals surface area contributed by atoms with Gasteiger partial charge in [0, 0.05) is 23.2 Å². The van der Waals surface area contributed by atoms with Crippen molar-refractivity contribution in [3.8, 4) is 11.5 Å². The van der Waals surface area contributed by atoms with Gasteiger partial charge in [0.1, 0.15) is 11.6 Å². The summed E-state index contributed by atoms with van der Waals surface area (Å²) >= 11 is 1.44. The quantitative estimate of drug-likeness (QED) is 0.674. The van der Waals surface area contributed by atoms with Crippen LogP contribution in [0.25, 0.3) is 0 Å². The van der Waals surface area contributed by atoms with Crippen LogP contribution in [-0.4, -0.2) is 25.2 Å². The van der Waals surface area contributed by atoms with Crippen LogP contribution in [0, 0.1) is 6.92 Å². The van der Waals surface area contributed by atoms with Crippen molar-refractivity contribution in [2.75, 3.05) is 20.0 Å². The van der Waals surface area contributed by atoms with Gasteiger partial charge in [-0.3, -0.25) is 0 Å². The Morgan fingerprint density at radius 3 is 2.52 bits per heavy atom. The molecule has 1 aromatic carbocycles. The fourth-order valence-electron chi connectivity index (χ4n) is 1.75. The molecule has 0 aliphatic carbocycles. The molecule has 0 saturated carbocycles. The van der Waals surface area contributed by atoms with Crippen molar-refractivity contribution in [1.82, 2.24) is 4.98 Å². The number of esters is 1. The van der Waals surface area contributed by atoms with Gasteiger partial charge < -0.3 is 19.9 Å². The number of carbonyl (C=O) groups is 1. The highest BCUT2D eigenvalue weighted by molar-refractivity contribution is 7.09. The van der Waals surface area contributed by atoms with Gasteiger partial charge in [0.15, 0.2) is 11.5 Å². The highest BCUT2D eigenvalue weighted by Crippen LogP contribution is 2.32. The zero-order chi connectivity index (χ0) is 15.4. The lowest BCUT2D eigenvalue weighted by Gasteiger charge is -2.11. The third-order valence-electron chi connectivity index (χ3n) is 2.77. The molecule has 0 atom stereocenters. The van der Waals surface area contributed by atoms with E-state index < -0.39 is 5.97 Å². The van der Waals surface area contributed by atoms with Gasteiger partial charge in [0.05, 0.1) is 25.5 Å². The van der Waals surface area contributed by atoms with Crippen molar-refractivity contribution in [1.29, 1.82) is 0 Å². The molecule has 2 N–H and O–H groups in total. The van der Waals surface area contributed by atoms with Crippen LogP contribution < -0.4 is 15.2 Å². The van der Waals surface area contributed by atoms with Gasteiger partial charge in [0.2, 0.25) is 0 Å². The molecule has 0 bridgehead atoms. The minimum absolute atomic E-state index is 0.116. The van der Waals surface area contributed by atoms with E-state index in [2.05, 4.69) is 4.98 Å². The fraction of sp³-hybridized carbons (Fsp3) is 0.286. The molecule has 112 valence electrons. The van der Waals surface area contributed by atoms with Gasteiger partial charge in [-0.1, -0.05) is 0 Å². The van der Waals surface area contributed by atoms with Gasteiger partial charge in [0.25, 0.3) is 0 Å². The van der Waals surface area contributed by atoms with Crippen molar-refractivity contribution in [2.24, 2.45) is 0 Å². The van der Waals surface area contributed by atoms with Crippen molar-refractivity contribution >= 4 is 23.0 Å². The maximum atomic E-state index is 12.1. The molecule has 2 aromatic rings. The molecule has 0 unspecified atom stereocenters. The number of nitrogens with two attached hydrogens (primary N) is 1. The number of hydrogen-bond donors (Lipinski definition) is 1. The number of aromatic nitrogens is 1. The maximum Gasteiger partial charge on any atom is 0.340 e. The number of ether oxygens (including phenoxy) is 3. The predicted molar refractivity (Wildman–Crippen MR) is 79.9 cm³/mol. The van der Waals surface area contributed by atoms with Crippen LogP contribution in [0.15, 0.2) is 17.5 Å². The highest BCUT2D eigenvalue weighted by Gasteiger charge is 2.17. The summed E-state index contributed by atoms with van der Waals surface area (Å²) in [5.41, 5.74) is 7.25. The number of nitrogen functional groups attached to an aromatic ring is 1. The molecule has 0 fully saturated rings. The molecule has 1 aromatic heterocycles. The number of anilines is 1. The molecule has 0 aliphatic heterocycles. The highest BCUT2D eigenvalue weighted by atomic mass is 32.1. The zero-order valence-corrected chi connectivity index (χ0v) is 12.8. The smallest absolute Gasteiger partial charge is 0.340 e. The van der Waals surface area contributed by atoms with Crippen LogP contribution in [0.2, 0.25) is 0 Å². The van der Waals surface area contributed by atoms with E-state index in [0.29, 0.717) is 11.5 Å². The Hall–Kier alpha value is -2.28. The SMILES string of the molecule is COc1cc(N)c(C(=O)OCc2nc(C)cs2)cc1OC. The molecule has 0 amide bonds. The van der Waals surface area contributed by atoms with Gasteiger partial charge in [-0.15, -0.1) is 11.3 Å². The fourth-order valence-corrected chi connectivity index (χ4v) is 2.43. The first-order valence-electron chi connectivity index (χ1n) is 6.14. The Morgan fingerprint density at radius 2 is 1.95 bits per heavy atom. The summed E-state index contributed by atoms with van der Waals surface area (Å²) in [6.07, 6.45) is 0. The number of hydrogen-bond acceptors (Lipinski definition) is 7. The summed E-state index contributed by atoms with van der Waals surface area (Å²) in [5.74, 6) is 0.354. The van der Waals surface area contributed by atoms with Crippen LogP contribution in [0.3, 0.4) is 0 Å². The average Bonchev–Trinajstić information content (AvgIpc) is 2.90. The van der Waals surface area contributed by atoms with E-state index in [4.69, 9.17) is 19.9 Å². The van der Waals surface area contributed by atoms with E-state index in [0.717, 1.165) is 10.7 Å². The number of thiazole rings is 1. The number of nitrogens with zero attached hydrogens (tertiary/aromatic N) is 1. The number of rotatable bonds is 5. The van der Waals surface area contributed by atoms with E-state index in [1.54, 1.807) is 0 Å². The van der Waals surface area contributed by atoms with E-state index in [1.165, 1.54) is 37.7 Å². The first-order chi connectivity index (χ1) is 10.0. The second-order valence-electron chi connectivity index (χ2n) is 4.25. The number of methoxy groups -OCH3 is 2. The van der Waals surface area contributed by atoms with Crippen molar-refractivity contribution in [3.05, 3.63) is 33.8 Å². The Balaban J connectivity index is 2.15.